The first kappa shape index (κ1) is 13.3. The van der Waals surface area contributed by atoms with Gasteiger partial charge in [0.05, 0.1) is 17.5 Å². The van der Waals surface area contributed by atoms with E-state index in [0.29, 0.717) is 5.06 Å². The number of hydrogen-bond acceptors (Lipinski definition) is 4. The van der Waals surface area contributed by atoms with Crippen LogP contribution in [-0.4, -0.2) is 22.8 Å². The van der Waals surface area contributed by atoms with Gasteiger partial charge < -0.3 is 4.84 Å². The fourth-order valence-corrected chi connectivity index (χ4v) is 1.82. The zero-order valence-electron chi connectivity index (χ0n) is 10.9. The minimum absolute atomic E-state index is 0.155. The summed E-state index contributed by atoms with van der Waals surface area (Å²) in [7, 11) is 0. The van der Waals surface area contributed by atoms with Crippen molar-refractivity contribution in [3.8, 4) is 0 Å². The number of amides is 2. The zero-order valence-corrected chi connectivity index (χ0v) is 10.9. The maximum absolute atomic E-state index is 11.9. The van der Waals surface area contributed by atoms with Gasteiger partial charge in [-0.3, -0.25) is 9.59 Å². The van der Waals surface area contributed by atoms with Gasteiger partial charge in [-0.1, -0.05) is 37.5 Å². The minimum atomic E-state index is -0.585. The molecule has 5 heteroatoms. The Hall–Kier alpha value is -2.17. The first-order chi connectivity index (χ1) is 9.04. The molecule has 0 unspecified atom stereocenters. The highest BCUT2D eigenvalue weighted by Gasteiger charge is 2.38. The normalized spacial score (nSPS) is 15.4. The van der Waals surface area contributed by atoms with E-state index in [9.17, 15) is 14.4 Å². The van der Waals surface area contributed by atoms with Gasteiger partial charge in [-0.05, 0) is 18.1 Å². The first-order valence-electron chi connectivity index (χ1n) is 6.23. The lowest BCUT2D eigenvalue weighted by Gasteiger charge is -2.14. The third kappa shape index (κ3) is 2.50. The molecule has 100 valence electrons. The number of rotatable bonds is 4. The third-order valence-electron chi connectivity index (χ3n) is 3.16. The topological polar surface area (TPSA) is 63.7 Å². The average Bonchev–Trinajstić information content (AvgIpc) is 2.64. The van der Waals surface area contributed by atoms with Crippen molar-refractivity contribution < 1.29 is 19.2 Å². The third-order valence-corrected chi connectivity index (χ3v) is 3.16. The van der Waals surface area contributed by atoms with Crippen molar-refractivity contribution >= 4 is 17.8 Å². The van der Waals surface area contributed by atoms with Gasteiger partial charge in [-0.15, -0.1) is 0 Å². The summed E-state index contributed by atoms with van der Waals surface area (Å²) in [6.45, 7) is 3.86. The molecule has 1 aliphatic rings. The predicted molar refractivity (Wildman–Crippen MR) is 67.1 cm³/mol. The van der Waals surface area contributed by atoms with Gasteiger partial charge in [0.2, 0.25) is 0 Å². The molecule has 0 N–H and O–H groups in total. The number of fused-ring (bicyclic) bond motifs is 1. The van der Waals surface area contributed by atoms with E-state index in [2.05, 4.69) is 0 Å². The zero-order chi connectivity index (χ0) is 14.0. The molecule has 1 aliphatic heterocycles. The Morgan fingerprint density at radius 1 is 1.21 bits per heavy atom. The number of hydrogen-bond donors (Lipinski definition) is 0. The molecular formula is C14H15NO4. The van der Waals surface area contributed by atoms with Gasteiger partial charge in [0.1, 0.15) is 0 Å². The molecule has 0 saturated carbocycles. The average molecular weight is 261 g/mol. The maximum Gasteiger partial charge on any atom is 0.333 e. The summed E-state index contributed by atoms with van der Waals surface area (Å²) in [4.78, 5) is 40.4. The Balaban J connectivity index is 2.10. The molecule has 0 saturated heterocycles. The summed E-state index contributed by atoms with van der Waals surface area (Å²) < 4.78 is 0. The van der Waals surface area contributed by atoms with E-state index in [0.717, 1.165) is 6.42 Å². The highest BCUT2D eigenvalue weighted by molar-refractivity contribution is 6.20. The van der Waals surface area contributed by atoms with Crippen molar-refractivity contribution in [2.75, 3.05) is 0 Å². The van der Waals surface area contributed by atoms with E-state index in [1.54, 1.807) is 12.1 Å². The van der Waals surface area contributed by atoms with Crippen LogP contribution in [0.5, 0.6) is 0 Å². The number of carbonyl (C=O) groups excluding carboxylic acids is 3. The van der Waals surface area contributed by atoms with E-state index in [1.165, 1.54) is 12.1 Å². The molecule has 0 aromatic heterocycles. The SMILES string of the molecule is CC[C@H](C)CC(=O)ON1C(=O)c2ccccc2C1=O. The van der Waals surface area contributed by atoms with Crippen LogP contribution in [0.2, 0.25) is 0 Å². The second-order valence-electron chi connectivity index (χ2n) is 4.63. The minimum Gasteiger partial charge on any atom is -0.330 e. The lowest BCUT2D eigenvalue weighted by atomic mass is 10.1. The van der Waals surface area contributed by atoms with E-state index in [-0.39, 0.29) is 23.5 Å². The standard InChI is InChI=1S/C14H15NO4/c1-3-9(2)8-12(16)19-15-13(17)10-6-4-5-7-11(10)14(15)18/h4-7,9H,3,8H2,1-2H3/t9-/m0/s1. The highest BCUT2D eigenvalue weighted by Crippen LogP contribution is 2.23. The molecular weight excluding hydrogens is 246 g/mol. The maximum atomic E-state index is 11.9. The molecule has 0 bridgehead atoms. The molecule has 2 amide bonds. The molecule has 1 heterocycles. The second-order valence-corrected chi connectivity index (χ2v) is 4.63. The molecule has 2 rings (SSSR count). The molecule has 1 aromatic carbocycles. The van der Waals surface area contributed by atoms with Crippen molar-refractivity contribution in [2.24, 2.45) is 5.92 Å². The van der Waals surface area contributed by atoms with Crippen molar-refractivity contribution in [1.82, 2.24) is 5.06 Å². The lowest BCUT2D eigenvalue weighted by Crippen LogP contribution is -2.33. The van der Waals surface area contributed by atoms with Crippen LogP contribution in [0.15, 0.2) is 24.3 Å². The Labute approximate surface area is 111 Å². The molecule has 1 atom stereocenters. The molecule has 5 nitrogen and oxygen atoms in total. The highest BCUT2D eigenvalue weighted by atomic mass is 16.7. The van der Waals surface area contributed by atoms with E-state index >= 15 is 0 Å². The van der Waals surface area contributed by atoms with Crippen molar-refractivity contribution in [1.29, 1.82) is 0 Å². The van der Waals surface area contributed by atoms with Crippen molar-refractivity contribution in [3.05, 3.63) is 35.4 Å². The number of carbonyl (C=O) groups is 3. The fraction of sp³-hybridized carbons (Fsp3) is 0.357. The van der Waals surface area contributed by atoms with Crippen LogP contribution in [0.1, 0.15) is 47.4 Å². The Kier molecular flexibility index (Phi) is 3.64. The van der Waals surface area contributed by atoms with Crippen LogP contribution in [0.25, 0.3) is 0 Å². The largest absolute Gasteiger partial charge is 0.333 e. The van der Waals surface area contributed by atoms with Crippen LogP contribution in [0, 0.1) is 5.92 Å². The molecule has 19 heavy (non-hydrogen) atoms. The molecule has 0 radical (unpaired) electrons. The monoisotopic (exact) mass is 261 g/mol. The van der Waals surface area contributed by atoms with Gasteiger partial charge in [0.25, 0.3) is 11.8 Å². The second kappa shape index (κ2) is 5.22. The number of nitrogens with zero attached hydrogens (tertiary/aromatic N) is 1. The fourth-order valence-electron chi connectivity index (χ4n) is 1.82. The molecule has 0 aliphatic carbocycles. The van der Waals surface area contributed by atoms with Crippen LogP contribution >= 0.6 is 0 Å². The van der Waals surface area contributed by atoms with Gasteiger partial charge in [0.15, 0.2) is 0 Å². The van der Waals surface area contributed by atoms with Crippen LogP contribution in [0.3, 0.4) is 0 Å². The van der Waals surface area contributed by atoms with Gasteiger partial charge in [0, 0.05) is 0 Å². The van der Waals surface area contributed by atoms with Crippen molar-refractivity contribution in [2.45, 2.75) is 26.7 Å². The van der Waals surface area contributed by atoms with Crippen LogP contribution in [-0.2, 0) is 9.63 Å². The van der Waals surface area contributed by atoms with E-state index in [4.69, 9.17) is 4.84 Å². The quantitative estimate of drug-likeness (QED) is 0.779. The van der Waals surface area contributed by atoms with Gasteiger partial charge in [-0.25, -0.2) is 4.79 Å². The summed E-state index contributed by atoms with van der Waals surface area (Å²) in [5.74, 6) is -1.58. The van der Waals surface area contributed by atoms with Crippen LogP contribution < -0.4 is 0 Å². The predicted octanol–water partition coefficient (Wildman–Crippen LogP) is 2.18. The number of hydroxylamine groups is 2. The Morgan fingerprint density at radius 3 is 2.21 bits per heavy atom. The lowest BCUT2D eigenvalue weighted by molar-refractivity contribution is -0.169. The number of benzene rings is 1. The molecule has 0 fully saturated rings. The van der Waals surface area contributed by atoms with Crippen LogP contribution in [0.4, 0.5) is 0 Å². The number of imide groups is 1. The summed E-state index contributed by atoms with van der Waals surface area (Å²) >= 11 is 0. The van der Waals surface area contributed by atoms with Gasteiger partial charge in [-0.2, -0.15) is 0 Å². The summed E-state index contributed by atoms with van der Waals surface area (Å²) in [6.07, 6.45) is 1.02. The van der Waals surface area contributed by atoms with Gasteiger partial charge >= 0.3 is 5.97 Å². The first-order valence-corrected chi connectivity index (χ1v) is 6.23. The van der Waals surface area contributed by atoms with E-state index in [1.807, 2.05) is 13.8 Å². The summed E-state index contributed by atoms with van der Waals surface area (Å²) in [5, 5.41) is 0.551. The molecule has 1 aromatic rings. The smallest absolute Gasteiger partial charge is 0.330 e. The Morgan fingerprint density at radius 2 is 1.74 bits per heavy atom. The molecule has 0 spiro atoms. The Bertz CT molecular complexity index is 503. The van der Waals surface area contributed by atoms with Crippen molar-refractivity contribution in [3.63, 3.8) is 0 Å². The van der Waals surface area contributed by atoms with E-state index < -0.39 is 17.8 Å². The summed E-state index contributed by atoms with van der Waals surface area (Å²) in [6, 6.07) is 6.40. The summed E-state index contributed by atoms with van der Waals surface area (Å²) in [5.41, 5.74) is 0.535.